The van der Waals surface area contributed by atoms with Crippen LogP contribution in [0.4, 0.5) is 0 Å². The van der Waals surface area contributed by atoms with Gasteiger partial charge in [-0.1, -0.05) is 0 Å². The summed E-state index contributed by atoms with van der Waals surface area (Å²) in [4.78, 5) is 30.2. The number of piperidine rings is 1. The molecule has 1 aromatic rings. The van der Waals surface area contributed by atoms with E-state index in [1.807, 2.05) is 18.0 Å². The van der Waals surface area contributed by atoms with E-state index in [1.165, 1.54) is 0 Å². The van der Waals surface area contributed by atoms with E-state index in [0.717, 1.165) is 12.8 Å². The number of nitrogens with zero attached hydrogens (tertiary/aromatic N) is 2. The van der Waals surface area contributed by atoms with Gasteiger partial charge in [-0.2, -0.15) is 0 Å². The van der Waals surface area contributed by atoms with Crippen molar-refractivity contribution in [3.63, 3.8) is 0 Å². The van der Waals surface area contributed by atoms with Gasteiger partial charge in [-0.25, -0.2) is 0 Å². The van der Waals surface area contributed by atoms with Gasteiger partial charge < -0.3 is 19.5 Å². The van der Waals surface area contributed by atoms with E-state index in [9.17, 15) is 9.59 Å². The molecule has 6 nitrogen and oxygen atoms in total. The van der Waals surface area contributed by atoms with Gasteiger partial charge in [0.2, 0.25) is 5.91 Å². The first kappa shape index (κ1) is 13.2. The second-order valence-corrected chi connectivity index (χ2v) is 5.60. The van der Waals surface area contributed by atoms with Crippen molar-refractivity contribution >= 4 is 11.8 Å². The Morgan fingerprint density at radius 3 is 2.75 bits per heavy atom. The average Bonchev–Trinajstić information content (AvgIpc) is 2.98. The lowest BCUT2D eigenvalue weighted by Gasteiger charge is -2.46. The summed E-state index contributed by atoms with van der Waals surface area (Å²) < 4.78 is 5.77. The Hall–Kier alpha value is -1.82. The number of carbonyl (C=O) groups excluding carboxylic acids is 2. The SMILES string of the molecule is CN1CC2(CCN(C(=O)c3ccc[nH]3)CC2)OCC1=O. The third-order valence-electron chi connectivity index (χ3n) is 4.24. The molecule has 108 valence electrons. The second-order valence-electron chi connectivity index (χ2n) is 5.60. The van der Waals surface area contributed by atoms with Crippen LogP contribution in [-0.4, -0.2) is 65.5 Å². The Bertz CT molecular complexity index is 504. The molecule has 2 fully saturated rings. The Morgan fingerprint density at radius 2 is 2.15 bits per heavy atom. The third kappa shape index (κ3) is 2.31. The number of morpholine rings is 1. The molecule has 1 aromatic heterocycles. The normalized spacial score (nSPS) is 22.4. The first-order chi connectivity index (χ1) is 9.60. The molecule has 6 heteroatoms. The predicted octanol–water partition coefficient (Wildman–Crippen LogP) is 0.478. The number of nitrogens with one attached hydrogen (secondary N) is 1. The number of rotatable bonds is 1. The largest absolute Gasteiger partial charge is 0.363 e. The molecule has 2 amide bonds. The number of amides is 2. The summed E-state index contributed by atoms with van der Waals surface area (Å²) in [6.45, 7) is 2.11. The monoisotopic (exact) mass is 277 g/mol. The van der Waals surface area contributed by atoms with Crippen molar-refractivity contribution < 1.29 is 14.3 Å². The molecule has 1 spiro atoms. The number of carbonyl (C=O) groups is 2. The number of likely N-dealkylation sites (N-methyl/N-ethyl adjacent to an activating group) is 1. The highest BCUT2D eigenvalue weighted by Gasteiger charge is 2.42. The maximum absolute atomic E-state index is 12.2. The quantitative estimate of drug-likeness (QED) is 0.812. The van der Waals surface area contributed by atoms with Crippen molar-refractivity contribution in [3.8, 4) is 0 Å². The van der Waals surface area contributed by atoms with Crippen LogP contribution in [0.2, 0.25) is 0 Å². The molecule has 0 atom stereocenters. The molecule has 2 aliphatic rings. The van der Waals surface area contributed by atoms with Crippen molar-refractivity contribution in [2.24, 2.45) is 0 Å². The summed E-state index contributed by atoms with van der Waals surface area (Å²) in [5.74, 6) is 0.0607. The standard InChI is InChI=1S/C14H19N3O3/c1-16-10-14(20-9-12(16)18)4-7-17(8-5-14)13(19)11-3-2-6-15-11/h2-3,6,15H,4-5,7-10H2,1H3. The maximum Gasteiger partial charge on any atom is 0.270 e. The highest BCUT2D eigenvalue weighted by Crippen LogP contribution is 2.30. The first-order valence-corrected chi connectivity index (χ1v) is 6.90. The van der Waals surface area contributed by atoms with Crippen LogP contribution >= 0.6 is 0 Å². The average molecular weight is 277 g/mol. The van der Waals surface area contributed by atoms with Gasteiger partial charge in [-0.3, -0.25) is 9.59 Å². The van der Waals surface area contributed by atoms with Crippen LogP contribution in [-0.2, 0) is 9.53 Å². The van der Waals surface area contributed by atoms with Crippen molar-refractivity contribution in [1.82, 2.24) is 14.8 Å². The number of aromatic amines is 1. The smallest absolute Gasteiger partial charge is 0.270 e. The minimum Gasteiger partial charge on any atom is -0.363 e. The fourth-order valence-electron chi connectivity index (χ4n) is 2.94. The molecule has 0 bridgehead atoms. The molecule has 3 rings (SSSR count). The lowest BCUT2D eigenvalue weighted by molar-refractivity contribution is -0.167. The minimum atomic E-state index is -0.269. The van der Waals surface area contributed by atoms with E-state index < -0.39 is 0 Å². The molecule has 20 heavy (non-hydrogen) atoms. The second kappa shape index (κ2) is 4.94. The van der Waals surface area contributed by atoms with Gasteiger partial charge in [0, 0.05) is 32.9 Å². The van der Waals surface area contributed by atoms with Crippen LogP contribution in [0.5, 0.6) is 0 Å². The highest BCUT2D eigenvalue weighted by molar-refractivity contribution is 5.92. The van der Waals surface area contributed by atoms with Crippen LogP contribution in [0, 0.1) is 0 Å². The van der Waals surface area contributed by atoms with Crippen LogP contribution in [0.15, 0.2) is 18.3 Å². The number of H-pyrrole nitrogens is 1. The Balaban J connectivity index is 1.62. The van der Waals surface area contributed by atoms with Crippen molar-refractivity contribution in [2.45, 2.75) is 18.4 Å². The lowest BCUT2D eigenvalue weighted by Crippen LogP contribution is -2.58. The summed E-state index contributed by atoms with van der Waals surface area (Å²) in [5, 5.41) is 0. The van der Waals surface area contributed by atoms with E-state index >= 15 is 0 Å². The zero-order valence-corrected chi connectivity index (χ0v) is 11.6. The number of likely N-dealkylation sites (tertiary alicyclic amines) is 1. The summed E-state index contributed by atoms with van der Waals surface area (Å²) >= 11 is 0. The van der Waals surface area contributed by atoms with Gasteiger partial charge >= 0.3 is 0 Å². The molecule has 0 radical (unpaired) electrons. The van der Waals surface area contributed by atoms with E-state index in [4.69, 9.17) is 4.74 Å². The minimum absolute atomic E-state index is 0.0283. The van der Waals surface area contributed by atoms with Crippen LogP contribution in [0.1, 0.15) is 23.3 Å². The number of hydrogen-bond acceptors (Lipinski definition) is 3. The Morgan fingerprint density at radius 1 is 1.40 bits per heavy atom. The molecular formula is C14H19N3O3. The fraction of sp³-hybridized carbons (Fsp3) is 0.571. The molecule has 0 aromatic carbocycles. The molecule has 2 saturated heterocycles. The van der Waals surface area contributed by atoms with Gasteiger partial charge in [0.15, 0.2) is 0 Å². The van der Waals surface area contributed by atoms with E-state index in [1.54, 1.807) is 17.2 Å². The van der Waals surface area contributed by atoms with Crippen LogP contribution in [0.3, 0.4) is 0 Å². The Kier molecular flexibility index (Phi) is 3.25. The van der Waals surface area contributed by atoms with Gasteiger partial charge in [0.1, 0.15) is 12.3 Å². The molecule has 0 aliphatic carbocycles. The lowest BCUT2D eigenvalue weighted by atomic mass is 9.89. The third-order valence-corrected chi connectivity index (χ3v) is 4.24. The zero-order chi connectivity index (χ0) is 14.2. The maximum atomic E-state index is 12.2. The fourth-order valence-corrected chi connectivity index (χ4v) is 2.94. The summed E-state index contributed by atoms with van der Waals surface area (Å²) in [6, 6.07) is 3.61. The molecule has 0 saturated carbocycles. The molecule has 2 aliphatic heterocycles. The van der Waals surface area contributed by atoms with Gasteiger partial charge in [0.25, 0.3) is 5.91 Å². The highest BCUT2D eigenvalue weighted by atomic mass is 16.5. The number of ether oxygens (including phenoxy) is 1. The number of hydrogen-bond donors (Lipinski definition) is 1. The topological polar surface area (TPSA) is 65.6 Å². The summed E-state index contributed by atoms with van der Waals surface area (Å²) in [5.41, 5.74) is 0.354. The number of aromatic nitrogens is 1. The van der Waals surface area contributed by atoms with Gasteiger partial charge in [-0.05, 0) is 25.0 Å². The van der Waals surface area contributed by atoms with Crippen LogP contribution in [0.25, 0.3) is 0 Å². The summed E-state index contributed by atoms with van der Waals surface area (Å²) in [6.07, 6.45) is 3.30. The predicted molar refractivity (Wildman–Crippen MR) is 72.3 cm³/mol. The molecule has 3 heterocycles. The van der Waals surface area contributed by atoms with Gasteiger partial charge in [-0.15, -0.1) is 0 Å². The zero-order valence-electron chi connectivity index (χ0n) is 11.6. The van der Waals surface area contributed by atoms with Gasteiger partial charge in [0.05, 0.1) is 5.60 Å². The van der Waals surface area contributed by atoms with Crippen LogP contribution < -0.4 is 0 Å². The molecule has 1 N–H and O–H groups in total. The molecule has 0 unspecified atom stereocenters. The van der Waals surface area contributed by atoms with E-state index in [0.29, 0.717) is 25.3 Å². The van der Waals surface area contributed by atoms with E-state index in [2.05, 4.69) is 4.98 Å². The molecular weight excluding hydrogens is 258 g/mol. The summed E-state index contributed by atoms with van der Waals surface area (Å²) in [7, 11) is 1.81. The van der Waals surface area contributed by atoms with Crippen molar-refractivity contribution in [3.05, 3.63) is 24.0 Å². The van der Waals surface area contributed by atoms with E-state index in [-0.39, 0.29) is 24.0 Å². The Labute approximate surface area is 117 Å². The first-order valence-electron chi connectivity index (χ1n) is 6.90. The van der Waals surface area contributed by atoms with Crippen molar-refractivity contribution in [1.29, 1.82) is 0 Å². The van der Waals surface area contributed by atoms with Crippen molar-refractivity contribution in [2.75, 3.05) is 33.3 Å².